The lowest BCUT2D eigenvalue weighted by molar-refractivity contribution is -0.218. The molecule has 7 nitrogen and oxygen atoms in total. The van der Waals surface area contributed by atoms with Crippen LogP contribution in [0.4, 0.5) is 10.5 Å². The molecule has 0 saturated carbocycles. The third-order valence-corrected chi connectivity index (χ3v) is 5.61. The van der Waals surface area contributed by atoms with E-state index in [0.717, 1.165) is 12.0 Å². The minimum atomic E-state index is -1.67. The SMILES string of the molecule is CC1(C)O[C@@H]2CO[C@]3(CN(c4cccc(Cc5ccccc5)c4)C(=O)O3)C(=O)[C@@H]2O1. The number of ketones is 1. The van der Waals surface area contributed by atoms with Crippen molar-refractivity contribution in [2.45, 2.75) is 44.1 Å². The number of fused-ring (bicyclic) bond motifs is 1. The molecule has 0 unspecified atom stereocenters. The van der Waals surface area contributed by atoms with Crippen LogP contribution in [0.2, 0.25) is 0 Å². The van der Waals surface area contributed by atoms with Crippen LogP contribution in [-0.2, 0) is 30.2 Å². The van der Waals surface area contributed by atoms with Crippen LogP contribution in [-0.4, -0.2) is 48.8 Å². The van der Waals surface area contributed by atoms with Crippen LogP contribution < -0.4 is 4.90 Å². The van der Waals surface area contributed by atoms with Gasteiger partial charge in [-0.25, -0.2) is 4.79 Å². The highest BCUT2D eigenvalue weighted by Gasteiger charge is 2.63. The molecule has 0 radical (unpaired) electrons. The first kappa shape index (κ1) is 19.2. The third-order valence-electron chi connectivity index (χ3n) is 5.61. The summed E-state index contributed by atoms with van der Waals surface area (Å²) in [5.74, 6) is -2.97. The van der Waals surface area contributed by atoms with Crippen LogP contribution in [0.15, 0.2) is 54.6 Å². The Kier molecular flexibility index (Phi) is 4.43. The molecule has 3 aliphatic heterocycles. The first-order valence-corrected chi connectivity index (χ1v) is 10.0. The van der Waals surface area contributed by atoms with Gasteiger partial charge >= 0.3 is 6.09 Å². The lowest BCUT2D eigenvalue weighted by Gasteiger charge is -2.34. The van der Waals surface area contributed by atoms with E-state index in [1.165, 1.54) is 10.5 Å². The molecule has 0 bridgehead atoms. The first-order chi connectivity index (χ1) is 14.4. The summed E-state index contributed by atoms with van der Waals surface area (Å²) < 4.78 is 22.7. The van der Waals surface area contributed by atoms with Crippen molar-refractivity contribution in [3.8, 4) is 0 Å². The molecule has 30 heavy (non-hydrogen) atoms. The second kappa shape index (κ2) is 6.91. The number of hydrogen-bond acceptors (Lipinski definition) is 6. The number of benzene rings is 2. The van der Waals surface area contributed by atoms with Gasteiger partial charge in [0.2, 0.25) is 5.78 Å². The molecular formula is C23H23NO6. The van der Waals surface area contributed by atoms with Crippen molar-refractivity contribution in [3.05, 3.63) is 65.7 Å². The number of carbonyl (C=O) groups excluding carboxylic acids is 2. The van der Waals surface area contributed by atoms with Gasteiger partial charge in [-0.05, 0) is 43.5 Å². The molecule has 3 aliphatic rings. The van der Waals surface area contributed by atoms with Crippen molar-refractivity contribution >= 4 is 17.6 Å². The zero-order chi connectivity index (χ0) is 20.9. The Balaban J connectivity index is 1.37. The summed E-state index contributed by atoms with van der Waals surface area (Å²) in [6.45, 7) is 3.59. The van der Waals surface area contributed by atoms with Crippen LogP contribution in [0.5, 0.6) is 0 Å². The second-order valence-corrected chi connectivity index (χ2v) is 8.31. The normalized spacial score (nSPS) is 29.9. The van der Waals surface area contributed by atoms with Crippen molar-refractivity contribution in [3.63, 3.8) is 0 Å². The van der Waals surface area contributed by atoms with Crippen molar-refractivity contribution in [2.75, 3.05) is 18.1 Å². The molecule has 0 aliphatic carbocycles. The van der Waals surface area contributed by atoms with Gasteiger partial charge in [0.1, 0.15) is 12.6 Å². The molecule has 5 rings (SSSR count). The quantitative estimate of drug-likeness (QED) is 0.776. The number of anilines is 1. The molecule has 0 aromatic heterocycles. The summed E-state index contributed by atoms with van der Waals surface area (Å²) in [5.41, 5.74) is 2.89. The minimum absolute atomic E-state index is 0.0214. The molecule has 1 spiro atoms. The molecule has 3 heterocycles. The van der Waals surface area contributed by atoms with E-state index < -0.39 is 35.7 Å². The Morgan fingerprint density at radius 2 is 1.77 bits per heavy atom. The van der Waals surface area contributed by atoms with Crippen molar-refractivity contribution in [2.24, 2.45) is 0 Å². The maximum absolute atomic E-state index is 13.1. The molecular weight excluding hydrogens is 386 g/mol. The smallest absolute Gasteiger partial charge is 0.407 e. The fraction of sp³-hybridized carbons (Fsp3) is 0.391. The number of Topliss-reactive ketones (excluding diaryl/α,β-unsaturated/α-hetero) is 1. The Bertz CT molecular complexity index is 990. The van der Waals surface area contributed by atoms with Gasteiger partial charge in [0, 0.05) is 5.69 Å². The van der Waals surface area contributed by atoms with E-state index in [1.807, 2.05) is 42.5 Å². The number of nitrogens with zero attached hydrogens (tertiary/aromatic N) is 1. The van der Waals surface area contributed by atoms with Gasteiger partial charge in [-0.2, -0.15) is 0 Å². The molecule has 156 valence electrons. The Morgan fingerprint density at radius 3 is 2.57 bits per heavy atom. The summed E-state index contributed by atoms with van der Waals surface area (Å²) >= 11 is 0. The average Bonchev–Trinajstić information content (AvgIpc) is 3.23. The minimum Gasteiger partial charge on any atom is -0.407 e. The van der Waals surface area contributed by atoms with Crippen molar-refractivity contribution < 1.29 is 28.5 Å². The zero-order valence-corrected chi connectivity index (χ0v) is 16.9. The van der Waals surface area contributed by atoms with Gasteiger partial charge < -0.3 is 18.9 Å². The highest BCUT2D eigenvalue weighted by atomic mass is 16.8. The van der Waals surface area contributed by atoms with Crippen LogP contribution in [0, 0.1) is 0 Å². The lowest BCUT2D eigenvalue weighted by atomic mass is 9.98. The summed E-state index contributed by atoms with van der Waals surface area (Å²) in [6, 6.07) is 17.7. The average molecular weight is 409 g/mol. The van der Waals surface area contributed by atoms with Gasteiger partial charge in [-0.15, -0.1) is 0 Å². The Hall–Kier alpha value is -2.74. The Labute approximate surface area is 174 Å². The number of amides is 1. The molecule has 3 atom stereocenters. The lowest BCUT2D eigenvalue weighted by Crippen LogP contribution is -2.59. The summed E-state index contributed by atoms with van der Waals surface area (Å²) in [7, 11) is 0. The molecule has 1 amide bonds. The van der Waals surface area contributed by atoms with Crippen LogP contribution in [0.25, 0.3) is 0 Å². The molecule has 2 aromatic carbocycles. The molecule has 3 saturated heterocycles. The van der Waals surface area contributed by atoms with E-state index in [1.54, 1.807) is 13.8 Å². The van der Waals surface area contributed by atoms with Crippen molar-refractivity contribution in [1.29, 1.82) is 0 Å². The van der Waals surface area contributed by atoms with Gasteiger partial charge in [0.25, 0.3) is 5.79 Å². The van der Waals surface area contributed by atoms with E-state index in [9.17, 15) is 9.59 Å². The summed E-state index contributed by atoms with van der Waals surface area (Å²) in [5, 5.41) is 0. The standard InChI is InChI=1S/C23H23NO6/c1-22(2)28-18-13-27-23(20(25)19(18)29-22)14-24(21(26)30-23)17-10-6-9-16(12-17)11-15-7-4-3-5-8-15/h3-10,12,18-19H,11,13-14H2,1-2H3/t18-,19-,23+/m1/s1. The highest BCUT2D eigenvalue weighted by Crippen LogP contribution is 2.40. The first-order valence-electron chi connectivity index (χ1n) is 10.0. The van der Waals surface area contributed by atoms with Crippen LogP contribution >= 0.6 is 0 Å². The largest absolute Gasteiger partial charge is 0.417 e. The summed E-state index contributed by atoms with van der Waals surface area (Å²) in [6.07, 6.45) is -1.19. The zero-order valence-electron chi connectivity index (χ0n) is 16.9. The predicted molar refractivity (Wildman–Crippen MR) is 107 cm³/mol. The van der Waals surface area contributed by atoms with Crippen LogP contribution in [0.1, 0.15) is 25.0 Å². The number of hydrogen-bond donors (Lipinski definition) is 0. The third kappa shape index (κ3) is 3.29. The topological polar surface area (TPSA) is 74.3 Å². The maximum Gasteiger partial charge on any atom is 0.417 e. The molecule has 0 N–H and O–H groups in total. The van der Waals surface area contributed by atoms with E-state index in [0.29, 0.717) is 5.69 Å². The second-order valence-electron chi connectivity index (χ2n) is 8.31. The molecule has 2 aromatic rings. The predicted octanol–water partition coefficient (Wildman–Crippen LogP) is 3.05. The summed E-state index contributed by atoms with van der Waals surface area (Å²) in [4.78, 5) is 27.2. The van der Waals surface area contributed by atoms with Gasteiger partial charge in [0.05, 0.1) is 6.61 Å². The van der Waals surface area contributed by atoms with E-state index in [-0.39, 0.29) is 13.2 Å². The number of carbonyl (C=O) groups is 2. The van der Waals surface area contributed by atoms with Crippen molar-refractivity contribution in [1.82, 2.24) is 0 Å². The monoisotopic (exact) mass is 409 g/mol. The fourth-order valence-corrected chi connectivity index (χ4v) is 4.25. The van der Waals surface area contributed by atoms with Gasteiger partial charge in [0.15, 0.2) is 11.9 Å². The fourth-order valence-electron chi connectivity index (χ4n) is 4.25. The van der Waals surface area contributed by atoms with Gasteiger partial charge in [-0.3, -0.25) is 9.69 Å². The van der Waals surface area contributed by atoms with E-state index >= 15 is 0 Å². The van der Waals surface area contributed by atoms with E-state index in [2.05, 4.69) is 12.1 Å². The highest BCUT2D eigenvalue weighted by molar-refractivity contribution is 6.00. The maximum atomic E-state index is 13.1. The molecule has 7 heteroatoms. The number of rotatable bonds is 3. The molecule has 3 fully saturated rings. The van der Waals surface area contributed by atoms with Crippen LogP contribution in [0.3, 0.4) is 0 Å². The Morgan fingerprint density at radius 1 is 1.00 bits per heavy atom. The van der Waals surface area contributed by atoms with E-state index in [4.69, 9.17) is 18.9 Å². The number of ether oxygens (including phenoxy) is 4. The van der Waals surface area contributed by atoms with Gasteiger partial charge in [-0.1, -0.05) is 42.5 Å².